The van der Waals surface area contributed by atoms with E-state index in [0.29, 0.717) is 12.2 Å². The van der Waals surface area contributed by atoms with Gasteiger partial charge in [-0.3, -0.25) is 0 Å². The summed E-state index contributed by atoms with van der Waals surface area (Å²) in [5.41, 5.74) is 1.06. The number of nitrogens with zero attached hydrogens (tertiary/aromatic N) is 3. The highest BCUT2D eigenvalue weighted by Crippen LogP contribution is 2.35. The van der Waals surface area contributed by atoms with E-state index in [2.05, 4.69) is 10.2 Å². The lowest BCUT2D eigenvalue weighted by Gasteiger charge is -2.09. The average Bonchev–Trinajstić information content (AvgIpc) is 2.90. The molecule has 0 saturated carbocycles. The normalized spacial score (nSPS) is 18.1. The van der Waals surface area contributed by atoms with Crippen molar-refractivity contribution in [2.24, 2.45) is 12.2 Å². The second-order valence-electron chi connectivity index (χ2n) is 4.36. The molecule has 0 spiro atoms. The van der Waals surface area contributed by atoms with Crippen molar-refractivity contribution in [3.63, 3.8) is 0 Å². The van der Waals surface area contributed by atoms with E-state index >= 15 is 0 Å². The van der Waals surface area contributed by atoms with E-state index in [4.69, 9.17) is 9.88 Å². The molecule has 2 N–H and O–H groups in total. The van der Waals surface area contributed by atoms with E-state index in [1.54, 1.807) is 7.05 Å². The number of hydrogen-bond acceptors (Lipinski definition) is 5. The first-order valence-corrected chi connectivity index (χ1v) is 7.18. The lowest BCUT2D eigenvalue weighted by atomic mass is 10.1. The van der Waals surface area contributed by atoms with Crippen molar-refractivity contribution in [3.8, 4) is 5.75 Å². The maximum atomic E-state index is 11.3. The highest BCUT2D eigenvalue weighted by Gasteiger charge is 2.30. The van der Waals surface area contributed by atoms with Gasteiger partial charge in [-0.15, -0.1) is 10.2 Å². The third-order valence-electron chi connectivity index (χ3n) is 3.06. The first-order valence-electron chi connectivity index (χ1n) is 5.63. The molecule has 19 heavy (non-hydrogen) atoms. The van der Waals surface area contributed by atoms with Crippen LogP contribution in [-0.2, 0) is 23.5 Å². The van der Waals surface area contributed by atoms with Crippen LogP contribution in [-0.4, -0.2) is 23.2 Å². The molecule has 1 aromatic carbocycles. The molecule has 8 heteroatoms. The summed E-state index contributed by atoms with van der Waals surface area (Å²) >= 11 is 0. The minimum atomic E-state index is -3.88. The first kappa shape index (κ1) is 12.1. The molecular formula is C11H12N4O3S. The second kappa shape index (κ2) is 4.04. The molecule has 2 aromatic rings. The fourth-order valence-electron chi connectivity index (χ4n) is 2.18. The molecule has 1 aliphatic rings. The summed E-state index contributed by atoms with van der Waals surface area (Å²) in [6, 6.07) is 7.64. The zero-order chi connectivity index (χ0) is 13.6. The van der Waals surface area contributed by atoms with Gasteiger partial charge in [0.2, 0.25) is 0 Å². The Balaban J connectivity index is 1.97. The predicted octanol–water partition coefficient (Wildman–Crippen LogP) is 0.139. The SMILES string of the molecule is Cn1c(C2Cc3ccccc3O2)nnc1S(N)(=O)=O. The van der Waals surface area contributed by atoms with Gasteiger partial charge in [0, 0.05) is 13.5 Å². The molecule has 7 nitrogen and oxygen atoms in total. The Kier molecular flexibility index (Phi) is 2.58. The molecule has 0 radical (unpaired) electrons. The molecule has 3 rings (SSSR count). The lowest BCUT2D eigenvalue weighted by Crippen LogP contribution is -2.19. The Labute approximate surface area is 110 Å². The molecule has 0 saturated heterocycles. The fourth-order valence-corrected chi connectivity index (χ4v) is 2.81. The molecule has 0 fully saturated rings. The summed E-state index contributed by atoms with van der Waals surface area (Å²) in [6.07, 6.45) is 0.289. The molecule has 1 aromatic heterocycles. The van der Waals surface area contributed by atoms with E-state index in [1.165, 1.54) is 4.57 Å². The van der Waals surface area contributed by atoms with Gasteiger partial charge in [-0.1, -0.05) is 18.2 Å². The fraction of sp³-hybridized carbons (Fsp3) is 0.273. The molecule has 1 unspecified atom stereocenters. The molecule has 0 aliphatic carbocycles. The van der Waals surface area contributed by atoms with Crippen LogP contribution in [0.4, 0.5) is 0 Å². The highest BCUT2D eigenvalue weighted by molar-refractivity contribution is 7.89. The molecule has 100 valence electrons. The van der Waals surface area contributed by atoms with Crippen molar-refractivity contribution in [2.45, 2.75) is 17.7 Å². The number of fused-ring (bicyclic) bond motifs is 1. The molecule has 0 amide bonds. The first-order chi connectivity index (χ1) is 8.97. The van der Waals surface area contributed by atoms with Gasteiger partial charge in [0.1, 0.15) is 5.75 Å². The lowest BCUT2D eigenvalue weighted by molar-refractivity contribution is 0.222. The summed E-state index contributed by atoms with van der Waals surface area (Å²) < 4.78 is 29.7. The van der Waals surface area contributed by atoms with Gasteiger partial charge in [0.25, 0.3) is 15.2 Å². The largest absolute Gasteiger partial charge is 0.482 e. The Morgan fingerprint density at radius 2 is 2.11 bits per heavy atom. The Morgan fingerprint density at radius 3 is 2.74 bits per heavy atom. The van der Waals surface area contributed by atoms with Crippen LogP contribution >= 0.6 is 0 Å². The van der Waals surface area contributed by atoms with Gasteiger partial charge < -0.3 is 9.30 Å². The number of benzene rings is 1. The number of aromatic nitrogens is 3. The van der Waals surface area contributed by atoms with E-state index in [0.717, 1.165) is 11.3 Å². The third kappa shape index (κ3) is 1.98. The molecule has 1 atom stereocenters. The van der Waals surface area contributed by atoms with Crippen LogP contribution in [0, 0.1) is 0 Å². The minimum absolute atomic E-state index is 0.262. The Bertz CT molecular complexity index is 713. The summed E-state index contributed by atoms with van der Waals surface area (Å²) in [6.45, 7) is 0. The van der Waals surface area contributed by atoms with Crippen LogP contribution in [0.2, 0.25) is 0 Å². The van der Waals surface area contributed by atoms with Gasteiger partial charge in [-0.05, 0) is 11.6 Å². The monoisotopic (exact) mass is 280 g/mol. The number of rotatable bonds is 2. The summed E-state index contributed by atoms with van der Waals surface area (Å²) in [4.78, 5) is 0. The Hall–Kier alpha value is -1.93. The van der Waals surface area contributed by atoms with Crippen LogP contribution in [0.1, 0.15) is 17.5 Å². The van der Waals surface area contributed by atoms with Crippen molar-refractivity contribution in [3.05, 3.63) is 35.7 Å². The van der Waals surface area contributed by atoms with Gasteiger partial charge >= 0.3 is 0 Å². The van der Waals surface area contributed by atoms with E-state index in [1.807, 2.05) is 24.3 Å². The highest BCUT2D eigenvalue weighted by atomic mass is 32.2. The number of sulfonamides is 1. The molecule has 0 bridgehead atoms. The zero-order valence-corrected chi connectivity index (χ0v) is 11.0. The van der Waals surface area contributed by atoms with Gasteiger partial charge in [-0.25, -0.2) is 13.6 Å². The van der Waals surface area contributed by atoms with Gasteiger partial charge in [-0.2, -0.15) is 0 Å². The van der Waals surface area contributed by atoms with Crippen LogP contribution in [0.25, 0.3) is 0 Å². The van der Waals surface area contributed by atoms with E-state index in [9.17, 15) is 8.42 Å². The molecule has 2 heterocycles. The Morgan fingerprint density at radius 1 is 1.37 bits per heavy atom. The maximum absolute atomic E-state index is 11.3. The summed E-state index contributed by atoms with van der Waals surface area (Å²) in [5.74, 6) is 1.23. The predicted molar refractivity (Wildman–Crippen MR) is 65.9 cm³/mol. The maximum Gasteiger partial charge on any atom is 0.273 e. The smallest absolute Gasteiger partial charge is 0.273 e. The van der Waals surface area contributed by atoms with E-state index < -0.39 is 10.0 Å². The standard InChI is InChI=1S/C11H12N4O3S/c1-15-10(13-14-11(15)19(12,16)17)9-6-7-4-2-3-5-8(7)18-9/h2-5,9H,6H2,1H3,(H2,12,16,17). The van der Waals surface area contributed by atoms with Gasteiger partial charge in [0.15, 0.2) is 11.9 Å². The van der Waals surface area contributed by atoms with Crippen LogP contribution in [0.5, 0.6) is 5.75 Å². The molecular weight excluding hydrogens is 268 g/mol. The average molecular weight is 280 g/mol. The van der Waals surface area contributed by atoms with Gasteiger partial charge in [0.05, 0.1) is 0 Å². The van der Waals surface area contributed by atoms with Crippen molar-refractivity contribution in [1.82, 2.24) is 14.8 Å². The van der Waals surface area contributed by atoms with Crippen LogP contribution in [0.15, 0.2) is 29.4 Å². The number of hydrogen-bond donors (Lipinski definition) is 1. The van der Waals surface area contributed by atoms with Crippen molar-refractivity contribution < 1.29 is 13.2 Å². The van der Waals surface area contributed by atoms with Crippen molar-refractivity contribution in [2.75, 3.05) is 0 Å². The quantitative estimate of drug-likeness (QED) is 0.843. The minimum Gasteiger partial charge on any atom is -0.482 e. The number of nitrogens with two attached hydrogens (primary N) is 1. The van der Waals surface area contributed by atoms with Crippen LogP contribution in [0.3, 0.4) is 0 Å². The summed E-state index contributed by atoms with van der Waals surface area (Å²) in [5, 5.41) is 12.3. The van der Waals surface area contributed by atoms with Crippen molar-refractivity contribution in [1.29, 1.82) is 0 Å². The number of ether oxygens (including phenoxy) is 1. The van der Waals surface area contributed by atoms with E-state index in [-0.39, 0.29) is 11.3 Å². The zero-order valence-electron chi connectivity index (χ0n) is 10.1. The van der Waals surface area contributed by atoms with Crippen molar-refractivity contribution >= 4 is 10.0 Å². The van der Waals surface area contributed by atoms with Crippen LogP contribution < -0.4 is 9.88 Å². The second-order valence-corrected chi connectivity index (χ2v) is 5.82. The topological polar surface area (TPSA) is 100 Å². The third-order valence-corrected chi connectivity index (χ3v) is 3.92. The summed E-state index contributed by atoms with van der Waals surface area (Å²) in [7, 11) is -2.32. The number of primary sulfonamides is 1. The number of para-hydroxylation sites is 1. The molecule has 1 aliphatic heterocycles.